The van der Waals surface area contributed by atoms with E-state index < -0.39 is 0 Å². The molecule has 1 aromatic carbocycles. The topological polar surface area (TPSA) is 50.7 Å². The van der Waals surface area contributed by atoms with Crippen molar-refractivity contribution in [1.82, 2.24) is 5.43 Å². The van der Waals surface area contributed by atoms with Crippen molar-refractivity contribution in [2.75, 3.05) is 7.11 Å². The number of benzene rings is 1. The molecule has 1 amide bonds. The molecule has 0 bridgehead atoms. The quantitative estimate of drug-likeness (QED) is 0.679. The summed E-state index contributed by atoms with van der Waals surface area (Å²) < 4.78 is 5.06. The minimum absolute atomic E-state index is 0.232. The average Bonchev–Trinajstić information content (AvgIpc) is 3.01. The SMILES string of the molecule is CCc1ccc(/C(C)=N/NC(=O)c2ccc(OC)cc2)s1. The zero-order valence-electron chi connectivity index (χ0n) is 12.3. The molecule has 0 aliphatic carbocycles. The van der Waals surface area contributed by atoms with E-state index in [-0.39, 0.29) is 5.91 Å². The number of ether oxygens (including phenoxy) is 1. The van der Waals surface area contributed by atoms with Crippen LogP contribution in [0.3, 0.4) is 0 Å². The summed E-state index contributed by atoms with van der Waals surface area (Å²) in [4.78, 5) is 14.4. The minimum Gasteiger partial charge on any atom is -0.497 e. The van der Waals surface area contributed by atoms with Gasteiger partial charge in [0.1, 0.15) is 5.75 Å². The molecule has 21 heavy (non-hydrogen) atoms. The van der Waals surface area contributed by atoms with Gasteiger partial charge in [0.2, 0.25) is 0 Å². The monoisotopic (exact) mass is 302 g/mol. The number of rotatable bonds is 5. The molecular formula is C16H18N2O2S. The summed E-state index contributed by atoms with van der Waals surface area (Å²) in [5.41, 5.74) is 3.93. The van der Waals surface area contributed by atoms with E-state index in [1.807, 2.05) is 13.0 Å². The second-order valence-corrected chi connectivity index (χ2v) is 5.65. The van der Waals surface area contributed by atoms with E-state index in [0.717, 1.165) is 22.8 Å². The van der Waals surface area contributed by atoms with E-state index in [1.165, 1.54) is 4.88 Å². The molecule has 0 saturated heterocycles. The molecule has 1 aromatic heterocycles. The van der Waals surface area contributed by atoms with E-state index in [1.54, 1.807) is 42.7 Å². The van der Waals surface area contributed by atoms with Gasteiger partial charge in [0.05, 0.1) is 17.7 Å². The lowest BCUT2D eigenvalue weighted by Gasteiger charge is -2.03. The molecule has 4 nitrogen and oxygen atoms in total. The van der Waals surface area contributed by atoms with E-state index in [2.05, 4.69) is 23.5 Å². The molecule has 0 radical (unpaired) electrons. The first-order valence-electron chi connectivity index (χ1n) is 6.71. The number of hydrogen-bond donors (Lipinski definition) is 1. The molecule has 5 heteroatoms. The Morgan fingerprint density at radius 1 is 1.24 bits per heavy atom. The molecule has 110 valence electrons. The number of methoxy groups -OCH3 is 1. The van der Waals surface area contributed by atoms with Crippen LogP contribution < -0.4 is 10.2 Å². The van der Waals surface area contributed by atoms with Crippen molar-refractivity contribution in [3.8, 4) is 5.75 Å². The number of nitrogens with zero attached hydrogens (tertiary/aromatic N) is 1. The Morgan fingerprint density at radius 2 is 1.95 bits per heavy atom. The maximum absolute atomic E-state index is 12.0. The summed E-state index contributed by atoms with van der Waals surface area (Å²) in [6.07, 6.45) is 1.01. The van der Waals surface area contributed by atoms with Crippen LogP contribution in [-0.4, -0.2) is 18.7 Å². The van der Waals surface area contributed by atoms with Crippen molar-refractivity contribution in [3.05, 3.63) is 51.7 Å². The number of hydrogen-bond acceptors (Lipinski definition) is 4. The number of amides is 1. The van der Waals surface area contributed by atoms with Crippen LogP contribution in [0, 0.1) is 0 Å². The highest BCUT2D eigenvalue weighted by Crippen LogP contribution is 2.17. The molecule has 0 saturated carbocycles. The highest BCUT2D eigenvalue weighted by molar-refractivity contribution is 7.14. The Morgan fingerprint density at radius 3 is 2.52 bits per heavy atom. The van der Waals surface area contributed by atoms with Gasteiger partial charge in [-0.3, -0.25) is 4.79 Å². The van der Waals surface area contributed by atoms with Crippen molar-refractivity contribution < 1.29 is 9.53 Å². The number of carbonyl (C=O) groups excluding carboxylic acids is 1. The highest BCUT2D eigenvalue weighted by Gasteiger charge is 2.06. The largest absolute Gasteiger partial charge is 0.497 e. The molecule has 1 N–H and O–H groups in total. The van der Waals surface area contributed by atoms with Gasteiger partial charge in [-0.05, 0) is 49.7 Å². The first kappa shape index (κ1) is 15.3. The van der Waals surface area contributed by atoms with E-state index in [0.29, 0.717) is 5.56 Å². The van der Waals surface area contributed by atoms with Crippen LogP contribution in [0.1, 0.15) is 34.0 Å². The van der Waals surface area contributed by atoms with Crippen LogP contribution in [-0.2, 0) is 6.42 Å². The van der Waals surface area contributed by atoms with Crippen molar-refractivity contribution in [3.63, 3.8) is 0 Å². The second kappa shape index (κ2) is 7.04. The molecule has 2 rings (SSSR count). The molecule has 0 spiro atoms. The van der Waals surface area contributed by atoms with Crippen LogP contribution >= 0.6 is 11.3 Å². The fourth-order valence-corrected chi connectivity index (χ4v) is 2.65. The first-order chi connectivity index (χ1) is 10.1. The van der Waals surface area contributed by atoms with Crippen LogP contribution in [0.2, 0.25) is 0 Å². The summed E-state index contributed by atoms with van der Waals surface area (Å²) in [5, 5.41) is 4.16. The van der Waals surface area contributed by atoms with Crippen LogP contribution in [0.5, 0.6) is 5.75 Å². The van der Waals surface area contributed by atoms with Crippen LogP contribution in [0.15, 0.2) is 41.5 Å². The molecule has 0 fully saturated rings. The van der Waals surface area contributed by atoms with E-state index in [4.69, 9.17) is 4.74 Å². The Hall–Kier alpha value is -2.14. The van der Waals surface area contributed by atoms with Gasteiger partial charge < -0.3 is 4.74 Å². The van der Waals surface area contributed by atoms with Gasteiger partial charge in [0.25, 0.3) is 5.91 Å². The lowest BCUT2D eigenvalue weighted by atomic mass is 10.2. The van der Waals surface area contributed by atoms with Crippen molar-refractivity contribution >= 4 is 23.0 Å². The molecule has 0 atom stereocenters. The summed E-state index contributed by atoms with van der Waals surface area (Å²) >= 11 is 1.69. The van der Waals surface area contributed by atoms with Crippen molar-refractivity contribution in [2.45, 2.75) is 20.3 Å². The fraction of sp³-hybridized carbons (Fsp3) is 0.250. The Bertz CT molecular complexity index is 645. The minimum atomic E-state index is -0.232. The summed E-state index contributed by atoms with van der Waals surface area (Å²) in [5.74, 6) is 0.487. The predicted molar refractivity (Wildman–Crippen MR) is 86.4 cm³/mol. The van der Waals surface area contributed by atoms with Crippen LogP contribution in [0.25, 0.3) is 0 Å². The van der Waals surface area contributed by atoms with Gasteiger partial charge in [-0.2, -0.15) is 5.10 Å². The zero-order valence-corrected chi connectivity index (χ0v) is 13.2. The van der Waals surface area contributed by atoms with Gasteiger partial charge in [-0.1, -0.05) is 6.92 Å². The lowest BCUT2D eigenvalue weighted by Crippen LogP contribution is -2.19. The lowest BCUT2D eigenvalue weighted by molar-refractivity contribution is 0.0955. The molecule has 0 aliphatic heterocycles. The highest BCUT2D eigenvalue weighted by atomic mass is 32.1. The van der Waals surface area contributed by atoms with Gasteiger partial charge in [0.15, 0.2) is 0 Å². The molecule has 1 heterocycles. The molecule has 0 unspecified atom stereocenters. The normalized spacial score (nSPS) is 11.3. The van der Waals surface area contributed by atoms with Gasteiger partial charge >= 0.3 is 0 Å². The Labute approximate surface area is 128 Å². The maximum Gasteiger partial charge on any atom is 0.271 e. The van der Waals surface area contributed by atoms with E-state index >= 15 is 0 Å². The Kier molecular flexibility index (Phi) is 5.11. The number of hydrazone groups is 1. The Balaban J connectivity index is 2.02. The zero-order chi connectivity index (χ0) is 15.2. The summed E-state index contributed by atoms with van der Waals surface area (Å²) in [6.45, 7) is 4.01. The van der Waals surface area contributed by atoms with Crippen molar-refractivity contribution in [1.29, 1.82) is 0 Å². The third-order valence-corrected chi connectivity index (χ3v) is 4.38. The van der Waals surface area contributed by atoms with Crippen molar-refractivity contribution in [2.24, 2.45) is 5.10 Å². The number of carbonyl (C=O) groups is 1. The third kappa shape index (κ3) is 3.92. The molecule has 2 aromatic rings. The molecule has 0 aliphatic rings. The second-order valence-electron chi connectivity index (χ2n) is 4.49. The van der Waals surface area contributed by atoms with Crippen LogP contribution in [0.4, 0.5) is 0 Å². The number of thiophene rings is 1. The number of nitrogens with one attached hydrogen (secondary N) is 1. The molecular weight excluding hydrogens is 284 g/mol. The predicted octanol–water partition coefficient (Wildman–Crippen LogP) is 3.47. The maximum atomic E-state index is 12.0. The first-order valence-corrected chi connectivity index (χ1v) is 7.53. The summed E-state index contributed by atoms with van der Waals surface area (Å²) in [6, 6.07) is 11.0. The van der Waals surface area contributed by atoms with Gasteiger partial charge in [-0.15, -0.1) is 11.3 Å². The number of aryl methyl sites for hydroxylation is 1. The van der Waals surface area contributed by atoms with E-state index in [9.17, 15) is 4.79 Å². The van der Waals surface area contributed by atoms with Gasteiger partial charge in [-0.25, -0.2) is 5.43 Å². The van der Waals surface area contributed by atoms with Gasteiger partial charge in [0, 0.05) is 10.4 Å². The third-order valence-electron chi connectivity index (χ3n) is 3.04. The summed E-state index contributed by atoms with van der Waals surface area (Å²) in [7, 11) is 1.59. The standard InChI is InChI=1S/C16H18N2O2S/c1-4-14-9-10-15(21-14)11(2)17-18-16(19)12-5-7-13(20-3)8-6-12/h5-10H,4H2,1-3H3,(H,18,19)/b17-11+. The smallest absolute Gasteiger partial charge is 0.271 e. The fourth-order valence-electron chi connectivity index (χ4n) is 1.76. The average molecular weight is 302 g/mol.